The molecule has 2 heteroatoms. The van der Waals surface area contributed by atoms with E-state index < -0.39 is 0 Å². The Kier molecular flexibility index (Phi) is 3.76. The molecule has 0 aliphatic carbocycles. The van der Waals surface area contributed by atoms with Crippen LogP contribution in [0.5, 0.6) is 0 Å². The Balaban J connectivity index is 2.10. The van der Waals surface area contributed by atoms with Crippen LogP contribution in [0.3, 0.4) is 0 Å². The van der Waals surface area contributed by atoms with Gasteiger partial charge in [-0.3, -0.25) is 4.79 Å². The first-order chi connectivity index (χ1) is 8.31. The number of Topliss-reactive ketones (excluding diaryl/α,β-unsaturated/α-hetero) is 1. The van der Waals surface area contributed by atoms with Crippen LogP contribution in [0.1, 0.15) is 36.5 Å². The van der Waals surface area contributed by atoms with E-state index in [-0.39, 0.29) is 5.78 Å². The number of rotatable bonds is 5. The second kappa shape index (κ2) is 5.48. The molecule has 1 aromatic carbocycles. The lowest BCUT2D eigenvalue weighted by Gasteiger charge is -2.01. The molecule has 1 heterocycles. The fourth-order valence-electron chi connectivity index (χ4n) is 1.74. The van der Waals surface area contributed by atoms with Gasteiger partial charge in [0.1, 0.15) is 5.76 Å². The molecule has 0 aliphatic heterocycles. The molecule has 1 aromatic heterocycles. The van der Waals surface area contributed by atoms with Crippen molar-refractivity contribution in [2.24, 2.45) is 0 Å². The minimum Gasteiger partial charge on any atom is -0.464 e. The van der Waals surface area contributed by atoms with E-state index in [1.54, 1.807) is 6.26 Å². The maximum Gasteiger partial charge on any atom is 0.162 e. The summed E-state index contributed by atoms with van der Waals surface area (Å²) in [7, 11) is 0. The highest BCUT2D eigenvalue weighted by molar-refractivity contribution is 5.96. The number of unbranched alkanes of at least 4 members (excludes halogenated alkanes) is 1. The zero-order valence-electron chi connectivity index (χ0n) is 9.98. The molecule has 0 saturated heterocycles. The SMILES string of the molecule is CCCCC(=O)c1ccc(-c2ccco2)cc1. The van der Waals surface area contributed by atoms with Crippen LogP contribution in [0.25, 0.3) is 11.3 Å². The first-order valence-corrected chi connectivity index (χ1v) is 5.98. The van der Waals surface area contributed by atoms with Crippen molar-refractivity contribution in [2.45, 2.75) is 26.2 Å². The topological polar surface area (TPSA) is 30.2 Å². The van der Waals surface area contributed by atoms with Gasteiger partial charge in [-0.2, -0.15) is 0 Å². The smallest absolute Gasteiger partial charge is 0.162 e. The second-order valence-corrected chi connectivity index (χ2v) is 4.08. The summed E-state index contributed by atoms with van der Waals surface area (Å²) in [5.74, 6) is 1.05. The standard InChI is InChI=1S/C15H16O2/c1-2-3-5-14(16)12-7-9-13(10-8-12)15-6-4-11-17-15/h4,6-11H,2-3,5H2,1H3. The maximum atomic E-state index is 11.8. The van der Waals surface area contributed by atoms with Crippen LogP contribution < -0.4 is 0 Å². The average molecular weight is 228 g/mol. The van der Waals surface area contributed by atoms with E-state index in [1.165, 1.54) is 0 Å². The summed E-state index contributed by atoms with van der Waals surface area (Å²) in [6.07, 6.45) is 4.29. The average Bonchev–Trinajstić information content (AvgIpc) is 2.90. The van der Waals surface area contributed by atoms with Gasteiger partial charge in [-0.25, -0.2) is 0 Å². The number of carbonyl (C=O) groups excluding carboxylic acids is 1. The Labute approximate surface area is 101 Å². The third kappa shape index (κ3) is 2.84. The van der Waals surface area contributed by atoms with Gasteiger partial charge in [-0.15, -0.1) is 0 Å². The lowest BCUT2D eigenvalue weighted by molar-refractivity contribution is 0.0980. The number of benzene rings is 1. The predicted molar refractivity (Wildman–Crippen MR) is 68.0 cm³/mol. The second-order valence-electron chi connectivity index (χ2n) is 4.08. The summed E-state index contributed by atoms with van der Waals surface area (Å²) in [5, 5.41) is 0. The summed E-state index contributed by atoms with van der Waals surface area (Å²) in [5.41, 5.74) is 1.79. The van der Waals surface area contributed by atoms with Crippen molar-refractivity contribution in [3.05, 3.63) is 48.2 Å². The first-order valence-electron chi connectivity index (χ1n) is 5.98. The predicted octanol–water partition coefficient (Wildman–Crippen LogP) is 4.32. The van der Waals surface area contributed by atoms with E-state index in [0.29, 0.717) is 6.42 Å². The number of hydrogen-bond acceptors (Lipinski definition) is 2. The van der Waals surface area contributed by atoms with Gasteiger partial charge in [-0.05, 0) is 18.6 Å². The van der Waals surface area contributed by atoms with Gasteiger partial charge < -0.3 is 4.42 Å². The van der Waals surface area contributed by atoms with Gasteiger partial charge >= 0.3 is 0 Å². The minimum absolute atomic E-state index is 0.220. The Bertz CT molecular complexity index is 466. The van der Waals surface area contributed by atoms with E-state index in [4.69, 9.17) is 4.42 Å². The van der Waals surface area contributed by atoms with Crippen LogP contribution in [-0.4, -0.2) is 5.78 Å². The van der Waals surface area contributed by atoms with Crippen LogP contribution in [0.2, 0.25) is 0 Å². The molecule has 88 valence electrons. The van der Waals surface area contributed by atoms with Gasteiger partial charge in [0.2, 0.25) is 0 Å². The van der Waals surface area contributed by atoms with Crippen molar-refractivity contribution in [3.63, 3.8) is 0 Å². The molecular weight excluding hydrogens is 212 g/mol. The molecule has 2 rings (SSSR count). The van der Waals surface area contributed by atoms with Crippen molar-refractivity contribution in [1.29, 1.82) is 0 Å². The van der Waals surface area contributed by atoms with Crippen molar-refractivity contribution in [1.82, 2.24) is 0 Å². The molecule has 0 radical (unpaired) electrons. The van der Waals surface area contributed by atoms with E-state index in [0.717, 1.165) is 29.7 Å². The van der Waals surface area contributed by atoms with Crippen molar-refractivity contribution < 1.29 is 9.21 Å². The number of carbonyl (C=O) groups is 1. The van der Waals surface area contributed by atoms with Crippen molar-refractivity contribution in [2.75, 3.05) is 0 Å². The van der Waals surface area contributed by atoms with Crippen LogP contribution >= 0.6 is 0 Å². The molecule has 2 aromatic rings. The van der Waals surface area contributed by atoms with E-state index in [1.807, 2.05) is 36.4 Å². The fraction of sp³-hybridized carbons (Fsp3) is 0.267. The molecule has 0 unspecified atom stereocenters. The lowest BCUT2D eigenvalue weighted by Crippen LogP contribution is -1.98. The Morgan fingerprint density at radius 1 is 1.18 bits per heavy atom. The lowest BCUT2D eigenvalue weighted by atomic mass is 10.0. The Hall–Kier alpha value is -1.83. The summed E-state index contributed by atoms with van der Waals surface area (Å²) in [6.45, 7) is 2.09. The van der Waals surface area contributed by atoms with E-state index in [9.17, 15) is 4.79 Å². The van der Waals surface area contributed by atoms with Crippen LogP contribution in [0.4, 0.5) is 0 Å². The molecule has 0 bridgehead atoms. The maximum absolute atomic E-state index is 11.8. The summed E-state index contributed by atoms with van der Waals surface area (Å²) in [6, 6.07) is 11.4. The van der Waals surface area contributed by atoms with Gasteiger partial charge in [0, 0.05) is 17.5 Å². The molecule has 2 nitrogen and oxygen atoms in total. The molecule has 0 fully saturated rings. The fourth-order valence-corrected chi connectivity index (χ4v) is 1.74. The summed E-state index contributed by atoms with van der Waals surface area (Å²) >= 11 is 0. The Morgan fingerprint density at radius 2 is 1.94 bits per heavy atom. The van der Waals surface area contributed by atoms with Gasteiger partial charge in [0.25, 0.3) is 0 Å². The first kappa shape index (κ1) is 11.6. The quantitative estimate of drug-likeness (QED) is 0.713. The number of hydrogen-bond donors (Lipinski definition) is 0. The Morgan fingerprint density at radius 3 is 2.53 bits per heavy atom. The molecule has 0 aliphatic rings. The number of furan rings is 1. The highest BCUT2D eigenvalue weighted by atomic mass is 16.3. The summed E-state index contributed by atoms with van der Waals surface area (Å²) in [4.78, 5) is 11.8. The van der Waals surface area contributed by atoms with E-state index in [2.05, 4.69) is 6.92 Å². The molecule has 0 atom stereocenters. The number of ketones is 1. The summed E-state index contributed by atoms with van der Waals surface area (Å²) < 4.78 is 5.30. The molecule has 0 saturated carbocycles. The van der Waals surface area contributed by atoms with Crippen molar-refractivity contribution >= 4 is 5.78 Å². The van der Waals surface area contributed by atoms with Gasteiger partial charge in [-0.1, -0.05) is 37.6 Å². The third-order valence-corrected chi connectivity index (χ3v) is 2.77. The van der Waals surface area contributed by atoms with Crippen LogP contribution in [0, 0.1) is 0 Å². The highest BCUT2D eigenvalue weighted by Gasteiger charge is 2.06. The molecule has 0 spiro atoms. The zero-order chi connectivity index (χ0) is 12.1. The van der Waals surface area contributed by atoms with Gasteiger partial charge in [0.15, 0.2) is 5.78 Å². The molecule has 17 heavy (non-hydrogen) atoms. The van der Waals surface area contributed by atoms with E-state index >= 15 is 0 Å². The van der Waals surface area contributed by atoms with Crippen LogP contribution in [0.15, 0.2) is 47.1 Å². The molecular formula is C15H16O2. The third-order valence-electron chi connectivity index (χ3n) is 2.77. The molecule has 0 N–H and O–H groups in total. The molecule has 0 amide bonds. The largest absolute Gasteiger partial charge is 0.464 e. The van der Waals surface area contributed by atoms with Crippen LogP contribution in [-0.2, 0) is 0 Å². The zero-order valence-corrected chi connectivity index (χ0v) is 9.98. The van der Waals surface area contributed by atoms with Gasteiger partial charge in [0.05, 0.1) is 6.26 Å². The monoisotopic (exact) mass is 228 g/mol. The normalized spacial score (nSPS) is 10.4. The minimum atomic E-state index is 0.220. The highest BCUT2D eigenvalue weighted by Crippen LogP contribution is 2.20. The van der Waals surface area contributed by atoms with Crippen molar-refractivity contribution in [3.8, 4) is 11.3 Å².